The average molecular weight is 240 g/mol. The van der Waals surface area contributed by atoms with Gasteiger partial charge < -0.3 is 10.1 Å². The predicted octanol–water partition coefficient (Wildman–Crippen LogP) is 2.41. The Bertz CT molecular complexity index is 604. The standard InChI is InChI=1S/C13H12N4O/c1-9-7-10(3-4-12(9)18-2)17-13-11(8-14)15-5-6-16-13/h3-7H,1-2H3,(H,16,17). The molecule has 0 spiro atoms. The number of methoxy groups -OCH3 is 1. The van der Waals surface area contributed by atoms with E-state index in [1.165, 1.54) is 6.20 Å². The molecule has 1 heterocycles. The van der Waals surface area contributed by atoms with Crippen LogP contribution in [0.1, 0.15) is 11.3 Å². The maximum Gasteiger partial charge on any atom is 0.183 e. The van der Waals surface area contributed by atoms with Crippen molar-refractivity contribution in [3.63, 3.8) is 0 Å². The van der Waals surface area contributed by atoms with Gasteiger partial charge in [-0.3, -0.25) is 0 Å². The summed E-state index contributed by atoms with van der Waals surface area (Å²) in [6.45, 7) is 1.95. The van der Waals surface area contributed by atoms with E-state index in [2.05, 4.69) is 15.3 Å². The lowest BCUT2D eigenvalue weighted by Gasteiger charge is -2.09. The van der Waals surface area contributed by atoms with E-state index >= 15 is 0 Å². The van der Waals surface area contributed by atoms with Crippen LogP contribution in [0.5, 0.6) is 5.75 Å². The molecule has 0 radical (unpaired) electrons. The molecule has 90 valence electrons. The molecule has 2 rings (SSSR count). The monoisotopic (exact) mass is 240 g/mol. The minimum atomic E-state index is 0.269. The van der Waals surface area contributed by atoms with Gasteiger partial charge in [-0.15, -0.1) is 0 Å². The summed E-state index contributed by atoms with van der Waals surface area (Å²) < 4.78 is 5.19. The van der Waals surface area contributed by atoms with Gasteiger partial charge >= 0.3 is 0 Å². The minimum absolute atomic E-state index is 0.269. The second kappa shape index (κ2) is 5.15. The van der Waals surface area contributed by atoms with Crippen LogP contribution in [-0.4, -0.2) is 17.1 Å². The Morgan fingerprint density at radius 3 is 2.72 bits per heavy atom. The first kappa shape index (κ1) is 11.9. The second-order valence-electron chi connectivity index (χ2n) is 3.67. The number of nitrogens with one attached hydrogen (secondary N) is 1. The molecule has 0 amide bonds. The third-order valence-corrected chi connectivity index (χ3v) is 2.46. The van der Waals surface area contributed by atoms with Gasteiger partial charge in [0, 0.05) is 18.1 Å². The van der Waals surface area contributed by atoms with Crippen molar-refractivity contribution < 1.29 is 4.74 Å². The first-order chi connectivity index (χ1) is 8.74. The van der Waals surface area contributed by atoms with Crippen LogP contribution in [0, 0.1) is 18.3 Å². The smallest absolute Gasteiger partial charge is 0.183 e. The number of aryl methyl sites for hydroxylation is 1. The Kier molecular flexibility index (Phi) is 3.39. The van der Waals surface area contributed by atoms with E-state index in [0.717, 1.165) is 17.0 Å². The minimum Gasteiger partial charge on any atom is -0.496 e. The van der Waals surface area contributed by atoms with Crippen molar-refractivity contribution in [3.05, 3.63) is 41.9 Å². The molecule has 0 aliphatic heterocycles. The highest BCUT2D eigenvalue weighted by Gasteiger charge is 2.05. The van der Waals surface area contributed by atoms with Crippen LogP contribution in [0.4, 0.5) is 11.5 Å². The molecule has 18 heavy (non-hydrogen) atoms. The molecule has 0 saturated carbocycles. The van der Waals surface area contributed by atoms with Crippen molar-refractivity contribution in [2.75, 3.05) is 12.4 Å². The van der Waals surface area contributed by atoms with Gasteiger partial charge in [0.05, 0.1) is 7.11 Å². The number of hydrogen-bond donors (Lipinski definition) is 1. The molecule has 0 aliphatic carbocycles. The molecule has 0 saturated heterocycles. The number of rotatable bonds is 3. The van der Waals surface area contributed by atoms with E-state index in [1.807, 2.05) is 31.2 Å². The lowest BCUT2D eigenvalue weighted by atomic mass is 10.2. The topological polar surface area (TPSA) is 70.8 Å². The Balaban J connectivity index is 2.29. The summed E-state index contributed by atoms with van der Waals surface area (Å²) in [5.74, 6) is 1.27. The van der Waals surface area contributed by atoms with Crippen molar-refractivity contribution in [1.82, 2.24) is 9.97 Å². The van der Waals surface area contributed by atoms with Gasteiger partial charge in [-0.1, -0.05) is 0 Å². The molecule has 2 aromatic rings. The third kappa shape index (κ3) is 2.38. The third-order valence-electron chi connectivity index (χ3n) is 2.46. The number of hydrogen-bond acceptors (Lipinski definition) is 5. The van der Waals surface area contributed by atoms with Crippen LogP contribution < -0.4 is 10.1 Å². The van der Waals surface area contributed by atoms with Crippen molar-refractivity contribution in [2.45, 2.75) is 6.92 Å². The summed E-state index contributed by atoms with van der Waals surface area (Å²) in [6, 6.07) is 7.64. The highest BCUT2D eigenvalue weighted by molar-refractivity contribution is 5.62. The quantitative estimate of drug-likeness (QED) is 0.892. The van der Waals surface area contributed by atoms with Crippen molar-refractivity contribution in [2.24, 2.45) is 0 Å². The Hall–Kier alpha value is -2.61. The van der Waals surface area contributed by atoms with Crippen LogP contribution in [0.25, 0.3) is 0 Å². The van der Waals surface area contributed by atoms with Gasteiger partial charge in [-0.25, -0.2) is 9.97 Å². The largest absolute Gasteiger partial charge is 0.496 e. The van der Waals surface area contributed by atoms with Crippen LogP contribution in [-0.2, 0) is 0 Å². The number of benzene rings is 1. The normalized spacial score (nSPS) is 9.61. The first-order valence-electron chi connectivity index (χ1n) is 5.37. The lowest BCUT2D eigenvalue weighted by Crippen LogP contribution is -1.99. The molecular weight excluding hydrogens is 228 g/mol. The highest BCUT2D eigenvalue weighted by Crippen LogP contribution is 2.23. The zero-order chi connectivity index (χ0) is 13.0. The second-order valence-corrected chi connectivity index (χ2v) is 3.67. The van der Waals surface area contributed by atoms with Crippen molar-refractivity contribution in [1.29, 1.82) is 5.26 Å². The van der Waals surface area contributed by atoms with Crippen LogP contribution in [0.2, 0.25) is 0 Å². The number of nitriles is 1. The van der Waals surface area contributed by atoms with Crippen LogP contribution >= 0.6 is 0 Å². The van der Waals surface area contributed by atoms with Gasteiger partial charge in [0.25, 0.3) is 0 Å². The molecule has 0 fully saturated rings. The summed E-state index contributed by atoms with van der Waals surface area (Å²) in [6.07, 6.45) is 3.03. The van der Waals surface area contributed by atoms with Crippen molar-refractivity contribution in [3.8, 4) is 11.8 Å². The molecule has 5 heteroatoms. The molecule has 0 atom stereocenters. The molecule has 5 nitrogen and oxygen atoms in total. The molecule has 1 aromatic heterocycles. The Morgan fingerprint density at radius 2 is 2.06 bits per heavy atom. The summed E-state index contributed by atoms with van der Waals surface area (Å²) in [5, 5.41) is 12.0. The summed E-state index contributed by atoms with van der Waals surface area (Å²) in [4.78, 5) is 8.03. The molecular formula is C13H12N4O. The fraction of sp³-hybridized carbons (Fsp3) is 0.154. The zero-order valence-electron chi connectivity index (χ0n) is 10.1. The van der Waals surface area contributed by atoms with E-state index in [4.69, 9.17) is 10.00 Å². The SMILES string of the molecule is COc1ccc(Nc2nccnc2C#N)cc1C. The highest BCUT2D eigenvalue weighted by atomic mass is 16.5. The van der Waals surface area contributed by atoms with Gasteiger partial charge in [0.1, 0.15) is 11.8 Å². The fourth-order valence-electron chi connectivity index (χ4n) is 1.60. The molecule has 1 aromatic carbocycles. The van der Waals surface area contributed by atoms with E-state index in [1.54, 1.807) is 13.3 Å². The molecule has 0 unspecified atom stereocenters. The van der Waals surface area contributed by atoms with Gasteiger partial charge in [0.2, 0.25) is 0 Å². The zero-order valence-corrected chi connectivity index (χ0v) is 10.1. The van der Waals surface area contributed by atoms with Gasteiger partial charge in [-0.05, 0) is 30.7 Å². The molecule has 0 aliphatic rings. The predicted molar refractivity (Wildman–Crippen MR) is 67.8 cm³/mol. The van der Waals surface area contributed by atoms with E-state index in [9.17, 15) is 0 Å². The maximum atomic E-state index is 8.92. The summed E-state index contributed by atoms with van der Waals surface area (Å²) >= 11 is 0. The van der Waals surface area contributed by atoms with E-state index in [0.29, 0.717) is 5.82 Å². The first-order valence-corrected chi connectivity index (χ1v) is 5.37. The number of anilines is 2. The number of aromatic nitrogens is 2. The van der Waals surface area contributed by atoms with Crippen molar-refractivity contribution >= 4 is 11.5 Å². The fourth-order valence-corrected chi connectivity index (χ4v) is 1.60. The van der Waals surface area contributed by atoms with Crippen LogP contribution in [0.15, 0.2) is 30.6 Å². The van der Waals surface area contributed by atoms with Crippen LogP contribution in [0.3, 0.4) is 0 Å². The number of ether oxygens (including phenoxy) is 1. The van der Waals surface area contributed by atoms with Gasteiger partial charge in [0.15, 0.2) is 11.5 Å². The van der Waals surface area contributed by atoms with E-state index in [-0.39, 0.29) is 5.69 Å². The Labute approximate surface area is 105 Å². The average Bonchev–Trinajstić information content (AvgIpc) is 2.39. The molecule has 0 bridgehead atoms. The van der Waals surface area contributed by atoms with E-state index < -0.39 is 0 Å². The van der Waals surface area contributed by atoms with Gasteiger partial charge in [-0.2, -0.15) is 5.26 Å². The summed E-state index contributed by atoms with van der Waals surface area (Å²) in [5.41, 5.74) is 2.11. The summed E-state index contributed by atoms with van der Waals surface area (Å²) in [7, 11) is 1.63. The molecule has 1 N–H and O–H groups in total. The lowest BCUT2D eigenvalue weighted by molar-refractivity contribution is 0.412. The Morgan fingerprint density at radius 1 is 1.28 bits per heavy atom. The number of nitrogens with zero attached hydrogens (tertiary/aromatic N) is 3. The maximum absolute atomic E-state index is 8.92.